The average Bonchev–Trinajstić information content (AvgIpc) is 3.39. The monoisotopic (exact) mass is 1000 g/mol. The summed E-state index contributed by atoms with van der Waals surface area (Å²) in [5.41, 5.74) is 19.6. The van der Waals surface area contributed by atoms with E-state index in [4.69, 9.17) is 0 Å². The molecule has 4 N–H and O–H groups in total. The van der Waals surface area contributed by atoms with Gasteiger partial charge in [-0.25, -0.2) is 0 Å². The Hall–Kier alpha value is -8.16. The molecule has 0 saturated carbocycles. The first-order valence-electron chi connectivity index (χ1n) is 26.3. The topological polar surface area (TPSA) is 87.4 Å². The van der Waals surface area contributed by atoms with E-state index in [2.05, 4.69) is 159 Å². The lowest BCUT2D eigenvalue weighted by Gasteiger charge is -2.29. The van der Waals surface area contributed by atoms with Crippen LogP contribution in [0.2, 0.25) is 0 Å². The summed E-state index contributed by atoms with van der Waals surface area (Å²) in [6.07, 6.45) is 16.3. The molecule has 0 unspecified atom stereocenters. The van der Waals surface area contributed by atoms with Gasteiger partial charge < -0.3 is 20.4 Å². The van der Waals surface area contributed by atoms with Crippen molar-refractivity contribution in [2.45, 2.75) is 81.6 Å². The van der Waals surface area contributed by atoms with Crippen molar-refractivity contribution in [3.8, 4) is 23.0 Å². The van der Waals surface area contributed by atoms with E-state index in [0.29, 0.717) is 39.3 Å². The Morgan fingerprint density at radius 3 is 0.671 bits per heavy atom. The molecule has 8 aromatic carbocycles. The van der Waals surface area contributed by atoms with E-state index in [0.717, 1.165) is 111 Å². The van der Waals surface area contributed by atoms with Crippen LogP contribution in [0.1, 0.15) is 111 Å². The van der Waals surface area contributed by atoms with Crippen molar-refractivity contribution in [2.75, 3.05) is 13.1 Å². The molecule has 0 fully saturated rings. The van der Waals surface area contributed by atoms with E-state index in [1.54, 1.807) is 0 Å². The first-order chi connectivity index (χ1) is 36.6. The lowest BCUT2D eigenvalue weighted by Crippen LogP contribution is -2.34. The van der Waals surface area contributed by atoms with E-state index < -0.39 is 0 Å². The highest BCUT2D eigenvalue weighted by Crippen LogP contribution is 2.33. The largest absolute Gasteiger partial charge is 0.507 e. The summed E-state index contributed by atoms with van der Waals surface area (Å²) < 4.78 is 0. The van der Waals surface area contributed by atoms with Crippen LogP contribution in [-0.2, 0) is 26.2 Å². The molecular weight excluding hydrogens is 933 g/mol. The highest BCUT2D eigenvalue weighted by molar-refractivity contribution is 5.78. The lowest BCUT2D eigenvalue weighted by molar-refractivity contribution is 0.182. The lowest BCUT2D eigenvalue weighted by atomic mass is 10.0. The molecule has 6 nitrogen and oxygen atoms in total. The van der Waals surface area contributed by atoms with E-state index in [1.807, 2.05) is 101 Å². The van der Waals surface area contributed by atoms with E-state index >= 15 is 0 Å². The Kier molecular flexibility index (Phi) is 17.7. The zero-order valence-corrected chi connectivity index (χ0v) is 45.4. The number of hydrogen-bond acceptors (Lipinski definition) is 6. The van der Waals surface area contributed by atoms with Crippen molar-refractivity contribution < 1.29 is 20.4 Å². The molecule has 76 heavy (non-hydrogen) atoms. The Bertz CT molecular complexity index is 3030. The normalized spacial score (nSPS) is 12.0. The average molecular weight is 1010 g/mol. The summed E-state index contributed by atoms with van der Waals surface area (Å²) in [5, 5.41) is 45.6. The number of hydrogen-bond donors (Lipinski definition) is 4. The van der Waals surface area contributed by atoms with Crippen LogP contribution in [0.4, 0.5) is 0 Å². The number of aryl methyl sites for hydroxylation is 8. The molecule has 0 bridgehead atoms. The van der Waals surface area contributed by atoms with Gasteiger partial charge in [0.05, 0.1) is 0 Å². The van der Waals surface area contributed by atoms with Gasteiger partial charge in [-0.15, -0.1) is 0 Å². The van der Waals surface area contributed by atoms with Crippen LogP contribution in [-0.4, -0.2) is 43.3 Å². The third-order valence-electron chi connectivity index (χ3n) is 14.4. The van der Waals surface area contributed by atoms with E-state index in [-0.39, 0.29) is 23.0 Å². The molecule has 0 aliphatic carbocycles. The van der Waals surface area contributed by atoms with Gasteiger partial charge in [0.1, 0.15) is 23.0 Å². The quantitative estimate of drug-likeness (QED) is 0.0604. The molecule has 386 valence electrons. The smallest absolute Gasteiger partial charge is 0.125 e. The standard InChI is InChI=1S/C70H72N2O4/c1-47-17-9-13-21-59(47)25-29-63-39-55(35-51(5)67(63)73)43-71(44-56-36-52(6)68(74)64(40-56)30-26-60-22-14-10-18-48(60)2)33-34-72(45-57-37-53(7)69(75)65(41-57)31-27-61-23-15-11-19-49(61)3)46-58-38-54(8)70(76)66(42-58)32-28-62-24-16-12-20-50(62)4/h9-32,35-42,73-76H,33-34,43-46H2,1-8H3/b29-25+,30-26+,31-27+,32-28+. The van der Waals surface area contributed by atoms with Crippen molar-refractivity contribution in [1.29, 1.82) is 0 Å². The molecule has 0 aliphatic rings. The Balaban J connectivity index is 1.17. The van der Waals surface area contributed by atoms with Gasteiger partial charge in [-0.3, -0.25) is 9.80 Å². The summed E-state index contributed by atoms with van der Waals surface area (Å²) in [6.45, 7) is 19.9. The van der Waals surface area contributed by atoms with Crippen molar-refractivity contribution in [1.82, 2.24) is 9.80 Å². The molecule has 0 atom stereocenters. The molecule has 0 radical (unpaired) electrons. The van der Waals surface area contributed by atoms with Crippen LogP contribution in [0.5, 0.6) is 23.0 Å². The van der Waals surface area contributed by atoms with Gasteiger partial charge >= 0.3 is 0 Å². The summed E-state index contributed by atoms with van der Waals surface area (Å²) in [4.78, 5) is 4.90. The second-order valence-electron chi connectivity index (χ2n) is 20.6. The first-order valence-corrected chi connectivity index (χ1v) is 26.3. The minimum atomic E-state index is 0.264. The molecule has 6 heteroatoms. The minimum Gasteiger partial charge on any atom is -0.507 e. The van der Waals surface area contributed by atoms with Crippen molar-refractivity contribution in [3.05, 3.63) is 257 Å². The summed E-state index contributed by atoms with van der Waals surface area (Å²) >= 11 is 0. The third-order valence-corrected chi connectivity index (χ3v) is 14.4. The van der Waals surface area contributed by atoms with E-state index in [1.165, 1.54) is 0 Å². The molecule has 0 aliphatic heterocycles. The summed E-state index contributed by atoms with van der Waals surface area (Å²) in [6, 6.07) is 49.7. The molecule has 8 aromatic rings. The molecule has 0 saturated heterocycles. The highest BCUT2D eigenvalue weighted by atomic mass is 16.3. The van der Waals surface area contributed by atoms with Gasteiger partial charge in [-0.05, 0) is 169 Å². The third kappa shape index (κ3) is 14.0. The number of phenols is 4. The summed E-state index contributed by atoms with van der Waals surface area (Å²) in [5.74, 6) is 1.06. The van der Waals surface area contributed by atoms with Crippen LogP contribution in [0.25, 0.3) is 48.6 Å². The Morgan fingerprint density at radius 2 is 0.461 bits per heavy atom. The van der Waals surface area contributed by atoms with Crippen LogP contribution in [0, 0.1) is 55.4 Å². The predicted molar refractivity (Wildman–Crippen MR) is 320 cm³/mol. The van der Waals surface area contributed by atoms with Crippen molar-refractivity contribution in [2.24, 2.45) is 0 Å². The number of phenolic OH excluding ortho intramolecular Hbond substituents is 4. The molecule has 0 heterocycles. The molecule has 8 rings (SSSR count). The van der Waals surface area contributed by atoms with Gasteiger partial charge in [-0.1, -0.05) is 170 Å². The second-order valence-corrected chi connectivity index (χ2v) is 20.6. The fourth-order valence-corrected chi connectivity index (χ4v) is 9.97. The molecule has 0 amide bonds. The Morgan fingerprint density at radius 1 is 0.263 bits per heavy atom. The fourth-order valence-electron chi connectivity index (χ4n) is 9.97. The molecular formula is C70H72N2O4. The van der Waals surface area contributed by atoms with Crippen LogP contribution in [0.3, 0.4) is 0 Å². The van der Waals surface area contributed by atoms with Crippen molar-refractivity contribution in [3.63, 3.8) is 0 Å². The maximum absolute atomic E-state index is 11.4. The minimum absolute atomic E-state index is 0.264. The number of benzene rings is 8. The SMILES string of the molecule is Cc1ccccc1/C=C/c1cc(CN(CCN(Cc2cc(C)c(O)c(/C=C/c3ccccc3C)c2)Cc2cc(C)c(O)c(/C=C/c3ccccc3C)c2)Cc2cc(C)c(O)c(/C=C/c3ccccc3C)c2)cc(C)c1O. The number of rotatable bonds is 19. The Labute approximate surface area is 451 Å². The second kappa shape index (κ2) is 24.9. The highest BCUT2D eigenvalue weighted by Gasteiger charge is 2.18. The van der Waals surface area contributed by atoms with Crippen LogP contribution >= 0.6 is 0 Å². The van der Waals surface area contributed by atoms with Gasteiger partial charge in [0.2, 0.25) is 0 Å². The van der Waals surface area contributed by atoms with Crippen LogP contribution < -0.4 is 0 Å². The van der Waals surface area contributed by atoms with Gasteiger partial charge in [0, 0.05) is 61.5 Å². The molecule has 0 spiro atoms. The van der Waals surface area contributed by atoms with Gasteiger partial charge in [-0.2, -0.15) is 0 Å². The zero-order chi connectivity index (χ0) is 53.9. The van der Waals surface area contributed by atoms with E-state index in [9.17, 15) is 20.4 Å². The number of nitrogens with zero attached hydrogens (tertiary/aromatic N) is 2. The maximum Gasteiger partial charge on any atom is 0.125 e. The van der Waals surface area contributed by atoms with Crippen LogP contribution in [0.15, 0.2) is 146 Å². The predicted octanol–water partition coefficient (Wildman–Crippen LogP) is 16.4. The van der Waals surface area contributed by atoms with Crippen molar-refractivity contribution >= 4 is 48.6 Å². The maximum atomic E-state index is 11.4. The first kappa shape index (κ1) is 54.1. The molecule has 0 aromatic heterocycles. The zero-order valence-electron chi connectivity index (χ0n) is 45.4. The fraction of sp³-hybridized carbons (Fsp3) is 0.200. The van der Waals surface area contributed by atoms with Gasteiger partial charge in [0.25, 0.3) is 0 Å². The van der Waals surface area contributed by atoms with Gasteiger partial charge in [0.15, 0.2) is 0 Å². The number of aromatic hydroxyl groups is 4. The summed E-state index contributed by atoms with van der Waals surface area (Å²) in [7, 11) is 0.